The summed E-state index contributed by atoms with van der Waals surface area (Å²) in [5, 5.41) is 13.4. The quantitative estimate of drug-likeness (QED) is 0.693. The van der Waals surface area contributed by atoms with Crippen LogP contribution in [0.4, 0.5) is 0 Å². The Balaban J connectivity index is 1.75. The average Bonchev–Trinajstić information content (AvgIpc) is 3.35. The smallest absolute Gasteiger partial charge is 0.222 e. The van der Waals surface area contributed by atoms with Gasteiger partial charge in [0.15, 0.2) is 5.65 Å². The van der Waals surface area contributed by atoms with E-state index in [-0.39, 0.29) is 12.0 Å². The number of hydrogen-bond acceptors (Lipinski definition) is 5. The Morgan fingerprint density at radius 2 is 2.22 bits per heavy atom. The van der Waals surface area contributed by atoms with Gasteiger partial charge in [0.25, 0.3) is 0 Å². The monoisotopic (exact) mass is 367 g/mol. The van der Waals surface area contributed by atoms with Crippen LogP contribution in [0.15, 0.2) is 18.2 Å². The molecule has 1 fully saturated rings. The molecule has 27 heavy (non-hydrogen) atoms. The van der Waals surface area contributed by atoms with E-state index in [1.165, 1.54) is 5.56 Å². The van der Waals surface area contributed by atoms with E-state index < -0.39 is 0 Å². The van der Waals surface area contributed by atoms with Crippen molar-refractivity contribution in [2.45, 2.75) is 52.7 Å². The van der Waals surface area contributed by atoms with Crippen molar-refractivity contribution in [2.24, 2.45) is 0 Å². The Labute approximate surface area is 158 Å². The van der Waals surface area contributed by atoms with Gasteiger partial charge in [0.05, 0.1) is 11.6 Å². The van der Waals surface area contributed by atoms with E-state index in [9.17, 15) is 4.79 Å². The largest absolute Gasteiger partial charge is 0.376 e. The Kier molecular flexibility index (Phi) is 4.78. The zero-order chi connectivity index (χ0) is 19.0. The van der Waals surface area contributed by atoms with E-state index in [0.717, 1.165) is 41.5 Å². The lowest BCUT2D eigenvalue weighted by atomic mass is 10.0. The van der Waals surface area contributed by atoms with Gasteiger partial charge in [-0.3, -0.25) is 4.79 Å². The lowest BCUT2D eigenvalue weighted by Crippen LogP contribution is -2.36. The van der Waals surface area contributed by atoms with Gasteiger partial charge < -0.3 is 9.64 Å². The van der Waals surface area contributed by atoms with Crippen LogP contribution >= 0.6 is 0 Å². The minimum Gasteiger partial charge on any atom is -0.376 e. The van der Waals surface area contributed by atoms with Gasteiger partial charge in [0.2, 0.25) is 5.91 Å². The molecule has 7 nitrogen and oxygen atoms in total. The van der Waals surface area contributed by atoms with Crippen molar-refractivity contribution in [3.8, 4) is 0 Å². The number of pyridine rings is 1. The zero-order valence-electron chi connectivity index (χ0n) is 16.1. The Morgan fingerprint density at radius 1 is 1.37 bits per heavy atom. The van der Waals surface area contributed by atoms with Crippen molar-refractivity contribution in [2.75, 3.05) is 13.2 Å². The normalized spacial score (nSPS) is 17.1. The van der Waals surface area contributed by atoms with E-state index >= 15 is 0 Å². The number of aryl methyl sites for hydroxylation is 2. The molecule has 1 saturated heterocycles. The van der Waals surface area contributed by atoms with Crippen molar-refractivity contribution in [1.82, 2.24) is 24.9 Å². The molecule has 1 aromatic carbocycles. The van der Waals surface area contributed by atoms with Gasteiger partial charge in [-0.2, -0.15) is 4.52 Å². The molecule has 4 rings (SSSR count). The van der Waals surface area contributed by atoms with Crippen LogP contribution in [-0.4, -0.2) is 50.1 Å². The van der Waals surface area contributed by atoms with Crippen LogP contribution < -0.4 is 0 Å². The molecule has 0 bridgehead atoms. The molecule has 0 saturated carbocycles. The van der Waals surface area contributed by atoms with Gasteiger partial charge in [-0.05, 0) is 54.3 Å². The molecule has 142 valence electrons. The SMILES string of the molecule is CCC(=O)N(Cc1cc2ccc(C)c(C)c2n2nnnc12)C[C@@H]1CCCO1. The van der Waals surface area contributed by atoms with Crippen molar-refractivity contribution < 1.29 is 9.53 Å². The maximum atomic E-state index is 12.6. The van der Waals surface area contributed by atoms with Crippen LogP contribution in [0.2, 0.25) is 0 Å². The number of carbonyl (C=O) groups is 1. The third kappa shape index (κ3) is 3.27. The molecule has 1 atom stereocenters. The average molecular weight is 367 g/mol. The second-order valence-corrected chi connectivity index (χ2v) is 7.29. The van der Waals surface area contributed by atoms with E-state index in [4.69, 9.17) is 4.74 Å². The maximum absolute atomic E-state index is 12.6. The predicted molar refractivity (Wildman–Crippen MR) is 102 cm³/mol. The molecule has 7 heteroatoms. The molecular formula is C20H25N5O2. The molecule has 3 aromatic rings. The summed E-state index contributed by atoms with van der Waals surface area (Å²) in [5.74, 6) is 0.122. The number of tetrazole rings is 1. The van der Waals surface area contributed by atoms with Crippen LogP contribution in [-0.2, 0) is 16.1 Å². The fraction of sp³-hybridized carbons (Fsp3) is 0.500. The standard InChI is InChI=1S/C20H25N5O2/c1-4-18(26)24(12-17-6-5-9-27-17)11-16-10-15-8-7-13(2)14(3)19(15)25-20(16)21-22-23-25/h7-8,10,17H,4-6,9,11-12H2,1-3H3/t17-/m0/s1. The minimum absolute atomic E-state index is 0.122. The van der Waals surface area contributed by atoms with Crippen LogP contribution in [0, 0.1) is 13.8 Å². The van der Waals surface area contributed by atoms with Crippen molar-refractivity contribution in [1.29, 1.82) is 0 Å². The number of fused-ring (bicyclic) bond motifs is 3. The Bertz CT molecular complexity index is 991. The fourth-order valence-electron chi connectivity index (χ4n) is 3.84. The second kappa shape index (κ2) is 7.23. The van der Waals surface area contributed by atoms with Gasteiger partial charge >= 0.3 is 0 Å². The van der Waals surface area contributed by atoms with Gasteiger partial charge in [-0.15, -0.1) is 5.10 Å². The summed E-state index contributed by atoms with van der Waals surface area (Å²) in [6.45, 7) is 7.95. The number of benzene rings is 1. The van der Waals surface area contributed by atoms with Crippen LogP contribution in [0.3, 0.4) is 0 Å². The first-order chi connectivity index (χ1) is 13.1. The molecular weight excluding hydrogens is 342 g/mol. The minimum atomic E-state index is 0.122. The Hall–Kier alpha value is -2.54. The first-order valence-electron chi connectivity index (χ1n) is 9.57. The number of ether oxygens (including phenoxy) is 1. The van der Waals surface area contributed by atoms with Gasteiger partial charge in [0, 0.05) is 37.1 Å². The zero-order valence-corrected chi connectivity index (χ0v) is 16.1. The topological polar surface area (TPSA) is 72.6 Å². The molecule has 3 heterocycles. The van der Waals surface area contributed by atoms with Crippen molar-refractivity contribution >= 4 is 22.5 Å². The molecule has 1 aliphatic heterocycles. The lowest BCUT2D eigenvalue weighted by molar-refractivity contribution is -0.133. The highest BCUT2D eigenvalue weighted by Crippen LogP contribution is 2.26. The number of hydrogen-bond donors (Lipinski definition) is 0. The second-order valence-electron chi connectivity index (χ2n) is 7.29. The Morgan fingerprint density at radius 3 is 2.96 bits per heavy atom. The summed E-state index contributed by atoms with van der Waals surface area (Å²) in [7, 11) is 0. The molecule has 0 N–H and O–H groups in total. The summed E-state index contributed by atoms with van der Waals surface area (Å²) in [6.07, 6.45) is 2.66. The van der Waals surface area contributed by atoms with E-state index in [2.05, 4.69) is 47.6 Å². The number of aromatic nitrogens is 4. The molecule has 1 amide bonds. The molecule has 0 unspecified atom stereocenters. The van der Waals surface area contributed by atoms with Crippen LogP contribution in [0.5, 0.6) is 0 Å². The maximum Gasteiger partial charge on any atom is 0.222 e. The van der Waals surface area contributed by atoms with Crippen molar-refractivity contribution in [3.05, 3.63) is 34.9 Å². The first-order valence-corrected chi connectivity index (χ1v) is 9.57. The molecule has 1 aliphatic rings. The molecule has 0 spiro atoms. The summed E-state index contributed by atoms with van der Waals surface area (Å²) < 4.78 is 7.55. The first kappa shape index (κ1) is 17.9. The lowest BCUT2D eigenvalue weighted by Gasteiger charge is -2.25. The van der Waals surface area contributed by atoms with Crippen LogP contribution in [0.25, 0.3) is 16.6 Å². The van der Waals surface area contributed by atoms with E-state index in [0.29, 0.717) is 25.2 Å². The number of rotatable bonds is 5. The number of amides is 1. The van der Waals surface area contributed by atoms with Gasteiger partial charge in [-0.25, -0.2) is 0 Å². The highest BCUT2D eigenvalue weighted by Gasteiger charge is 2.23. The van der Waals surface area contributed by atoms with E-state index in [1.54, 1.807) is 4.52 Å². The molecule has 2 aromatic heterocycles. The number of nitrogens with zero attached hydrogens (tertiary/aromatic N) is 5. The third-order valence-electron chi connectivity index (χ3n) is 5.50. The third-order valence-corrected chi connectivity index (χ3v) is 5.50. The van der Waals surface area contributed by atoms with Gasteiger partial charge in [-0.1, -0.05) is 19.1 Å². The fourth-order valence-corrected chi connectivity index (χ4v) is 3.84. The summed E-state index contributed by atoms with van der Waals surface area (Å²) in [6, 6.07) is 6.31. The highest BCUT2D eigenvalue weighted by molar-refractivity contribution is 5.87. The number of carbonyl (C=O) groups excluding carboxylic acids is 1. The molecule has 0 aliphatic carbocycles. The summed E-state index contributed by atoms with van der Waals surface area (Å²) in [5.41, 5.74) is 5.05. The predicted octanol–water partition coefficient (Wildman–Crippen LogP) is 2.81. The van der Waals surface area contributed by atoms with Gasteiger partial charge in [0.1, 0.15) is 0 Å². The van der Waals surface area contributed by atoms with Crippen molar-refractivity contribution in [3.63, 3.8) is 0 Å². The summed E-state index contributed by atoms with van der Waals surface area (Å²) in [4.78, 5) is 14.4. The summed E-state index contributed by atoms with van der Waals surface area (Å²) >= 11 is 0. The highest BCUT2D eigenvalue weighted by atomic mass is 16.5. The van der Waals surface area contributed by atoms with Crippen LogP contribution in [0.1, 0.15) is 42.9 Å². The molecule has 0 radical (unpaired) electrons. The van der Waals surface area contributed by atoms with E-state index in [1.807, 2.05) is 11.8 Å².